The monoisotopic (exact) mass is 233 g/mol. The molecule has 94 valence electrons. The van der Waals surface area contributed by atoms with Crippen LogP contribution in [0.1, 0.15) is 44.0 Å². The number of piperidine rings is 1. The van der Waals surface area contributed by atoms with Crippen LogP contribution < -0.4 is 11.1 Å². The van der Waals surface area contributed by atoms with Gasteiger partial charge in [0.05, 0.1) is 11.7 Å². The molecule has 3 nitrogen and oxygen atoms in total. The molecule has 1 atom stereocenters. The molecule has 17 heavy (non-hydrogen) atoms. The highest BCUT2D eigenvalue weighted by atomic mass is 14.9. The first-order chi connectivity index (χ1) is 8.32. The fraction of sp³-hybridized carbons (Fsp3) is 0.643. The summed E-state index contributed by atoms with van der Waals surface area (Å²) in [5.41, 5.74) is 9.17. The van der Waals surface area contributed by atoms with Crippen LogP contribution in [0.5, 0.6) is 0 Å². The Labute approximate surface area is 104 Å². The van der Waals surface area contributed by atoms with Crippen LogP contribution in [0.4, 0.5) is 0 Å². The van der Waals surface area contributed by atoms with Crippen LogP contribution in [0, 0.1) is 5.41 Å². The number of hydrogen-bond donors (Lipinski definition) is 2. The van der Waals surface area contributed by atoms with Crippen molar-refractivity contribution >= 4 is 0 Å². The Hall–Kier alpha value is -0.930. The van der Waals surface area contributed by atoms with Crippen LogP contribution in [0.2, 0.25) is 0 Å². The van der Waals surface area contributed by atoms with Gasteiger partial charge in [0.2, 0.25) is 0 Å². The van der Waals surface area contributed by atoms with Crippen LogP contribution in [0.15, 0.2) is 18.3 Å². The van der Waals surface area contributed by atoms with E-state index >= 15 is 0 Å². The van der Waals surface area contributed by atoms with Gasteiger partial charge in [0, 0.05) is 6.20 Å². The average Bonchev–Trinajstić information content (AvgIpc) is 2.67. The minimum atomic E-state index is 0.149. The molecule has 0 amide bonds. The largest absolute Gasteiger partial charge is 0.322 e. The number of hydrogen-bond acceptors (Lipinski definition) is 3. The van der Waals surface area contributed by atoms with Gasteiger partial charge < -0.3 is 11.1 Å². The molecule has 1 aromatic rings. The summed E-state index contributed by atoms with van der Waals surface area (Å²) in [7, 11) is 0. The van der Waals surface area contributed by atoms with E-state index in [0.29, 0.717) is 5.41 Å². The van der Waals surface area contributed by atoms with Crippen molar-refractivity contribution < 1.29 is 0 Å². The number of nitrogens with zero attached hydrogens (tertiary/aromatic N) is 1. The van der Waals surface area contributed by atoms with Crippen molar-refractivity contribution in [2.45, 2.75) is 39.2 Å². The van der Waals surface area contributed by atoms with Crippen LogP contribution in [-0.2, 0) is 6.42 Å². The summed E-state index contributed by atoms with van der Waals surface area (Å²) < 4.78 is 0. The zero-order valence-electron chi connectivity index (χ0n) is 10.9. The summed E-state index contributed by atoms with van der Waals surface area (Å²) in [5, 5.41) is 3.41. The highest BCUT2D eigenvalue weighted by Gasteiger charge is 2.45. The Morgan fingerprint density at radius 2 is 2.06 bits per heavy atom. The third-order valence-electron chi connectivity index (χ3n) is 4.02. The van der Waals surface area contributed by atoms with Crippen LogP contribution in [0.3, 0.4) is 0 Å². The SMILES string of the molecule is CC.NC1c2ncccc2CC12CCNCC2. The molecule has 1 aliphatic carbocycles. The second kappa shape index (κ2) is 5.15. The summed E-state index contributed by atoms with van der Waals surface area (Å²) in [6.45, 7) is 6.20. The van der Waals surface area contributed by atoms with Crippen LogP contribution >= 0.6 is 0 Å². The Balaban J connectivity index is 0.000000514. The molecule has 3 heteroatoms. The number of rotatable bonds is 0. The average molecular weight is 233 g/mol. The van der Waals surface area contributed by atoms with Gasteiger partial charge in [-0.1, -0.05) is 19.9 Å². The fourth-order valence-electron chi connectivity index (χ4n) is 3.07. The van der Waals surface area contributed by atoms with Crippen molar-refractivity contribution in [3.63, 3.8) is 0 Å². The summed E-state index contributed by atoms with van der Waals surface area (Å²) in [6.07, 6.45) is 5.35. The maximum Gasteiger partial charge on any atom is 0.0608 e. The summed E-state index contributed by atoms with van der Waals surface area (Å²) in [4.78, 5) is 4.44. The van der Waals surface area contributed by atoms with E-state index in [9.17, 15) is 0 Å². The first-order valence-corrected chi connectivity index (χ1v) is 6.72. The molecule has 0 aromatic carbocycles. The zero-order valence-corrected chi connectivity index (χ0v) is 10.9. The molecule has 1 saturated heterocycles. The fourth-order valence-corrected chi connectivity index (χ4v) is 3.07. The van der Waals surface area contributed by atoms with Gasteiger partial charge in [0.15, 0.2) is 0 Å². The first kappa shape index (κ1) is 12.5. The molecule has 1 unspecified atom stereocenters. The number of nitrogens with one attached hydrogen (secondary N) is 1. The Bertz CT molecular complexity index is 369. The van der Waals surface area contributed by atoms with E-state index in [1.165, 1.54) is 18.4 Å². The molecule has 1 aliphatic heterocycles. The molecule has 1 aromatic heterocycles. The first-order valence-electron chi connectivity index (χ1n) is 6.72. The molecule has 2 heterocycles. The normalized spacial score (nSPS) is 25.0. The third kappa shape index (κ3) is 2.09. The van der Waals surface area contributed by atoms with Crippen molar-refractivity contribution in [3.05, 3.63) is 29.6 Å². The zero-order chi connectivity index (χ0) is 12.3. The van der Waals surface area contributed by atoms with E-state index in [1.807, 2.05) is 26.1 Å². The topological polar surface area (TPSA) is 50.9 Å². The predicted molar refractivity (Wildman–Crippen MR) is 70.8 cm³/mol. The quantitative estimate of drug-likeness (QED) is 0.721. The molecule has 3 N–H and O–H groups in total. The second-order valence-corrected chi connectivity index (χ2v) is 4.81. The smallest absolute Gasteiger partial charge is 0.0608 e. The van der Waals surface area contributed by atoms with E-state index in [-0.39, 0.29) is 6.04 Å². The molecule has 0 bridgehead atoms. The highest BCUT2D eigenvalue weighted by molar-refractivity contribution is 5.32. The van der Waals surface area contributed by atoms with Gasteiger partial charge in [0.25, 0.3) is 0 Å². The Kier molecular flexibility index (Phi) is 3.79. The minimum Gasteiger partial charge on any atom is -0.322 e. The molecule has 0 saturated carbocycles. The van der Waals surface area contributed by atoms with Gasteiger partial charge in [-0.15, -0.1) is 0 Å². The van der Waals surface area contributed by atoms with Gasteiger partial charge in [-0.05, 0) is 49.4 Å². The molecule has 3 rings (SSSR count). The highest BCUT2D eigenvalue weighted by Crippen LogP contribution is 2.48. The molecular weight excluding hydrogens is 210 g/mol. The minimum absolute atomic E-state index is 0.149. The van der Waals surface area contributed by atoms with Gasteiger partial charge in [0.1, 0.15) is 0 Å². The van der Waals surface area contributed by atoms with E-state index < -0.39 is 0 Å². The lowest BCUT2D eigenvalue weighted by Crippen LogP contribution is -2.42. The number of aromatic nitrogens is 1. The number of fused-ring (bicyclic) bond motifs is 1. The molecular formula is C14H23N3. The summed E-state index contributed by atoms with van der Waals surface area (Å²) in [5.74, 6) is 0. The third-order valence-corrected chi connectivity index (χ3v) is 4.02. The van der Waals surface area contributed by atoms with Crippen LogP contribution in [-0.4, -0.2) is 18.1 Å². The van der Waals surface area contributed by atoms with Gasteiger partial charge in [-0.2, -0.15) is 0 Å². The van der Waals surface area contributed by atoms with E-state index in [0.717, 1.165) is 25.2 Å². The van der Waals surface area contributed by atoms with Crippen molar-refractivity contribution in [1.82, 2.24) is 10.3 Å². The number of pyridine rings is 1. The van der Waals surface area contributed by atoms with Crippen molar-refractivity contribution in [3.8, 4) is 0 Å². The summed E-state index contributed by atoms with van der Waals surface area (Å²) in [6, 6.07) is 4.35. The molecule has 0 radical (unpaired) electrons. The maximum atomic E-state index is 6.37. The van der Waals surface area contributed by atoms with E-state index in [4.69, 9.17) is 5.73 Å². The van der Waals surface area contributed by atoms with Crippen molar-refractivity contribution in [1.29, 1.82) is 0 Å². The van der Waals surface area contributed by atoms with Crippen molar-refractivity contribution in [2.24, 2.45) is 11.1 Å². The lowest BCUT2D eigenvalue weighted by atomic mass is 9.74. The van der Waals surface area contributed by atoms with Crippen LogP contribution in [0.25, 0.3) is 0 Å². The van der Waals surface area contributed by atoms with Gasteiger partial charge in [-0.3, -0.25) is 4.98 Å². The van der Waals surface area contributed by atoms with E-state index in [2.05, 4.69) is 16.4 Å². The summed E-state index contributed by atoms with van der Waals surface area (Å²) >= 11 is 0. The van der Waals surface area contributed by atoms with Gasteiger partial charge in [-0.25, -0.2) is 0 Å². The lowest BCUT2D eigenvalue weighted by Gasteiger charge is -2.37. The predicted octanol–water partition coefficient (Wildman–Crippen LogP) is 2.03. The molecule has 2 aliphatic rings. The molecule has 1 fully saturated rings. The van der Waals surface area contributed by atoms with Crippen molar-refractivity contribution in [2.75, 3.05) is 13.1 Å². The maximum absolute atomic E-state index is 6.37. The Morgan fingerprint density at radius 3 is 2.71 bits per heavy atom. The van der Waals surface area contributed by atoms with Gasteiger partial charge >= 0.3 is 0 Å². The molecule has 1 spiro atoms. The lowest BCUT2D eigenvalue weighted by molar-refractivity contribution is 0.172. The Morgan fingerprint density at radius 1 is 1.35 bits per heavy atom. The van der Waals surface area contributed by atoms with E-state index in [1.54, 1.807) is 0 Å². The second-order valence-electron chi connectivity index (χ2n) is 4.81. The standard InChI is InChI=1S/C12H17N3.C2H6/c13-11-10-9(2-1-5-15-10)8-12(11)3-6-14-7-4-12;1-2/h1-2,5,11,14H,3-4,6-8,13H2;1-2H3. The number of nitrogens with two attached hydrogens (primary N) is 1.